The minimum atomic E-state index is -3.66. The largest absolute Gasteiger partial charge is 0.444 e. The number of ether oxygens (including phenoxy) is 2. The molecule has 2 aliphatic rings. The van der Waals surface area contributed by atoms with Gasteiger partial charge in [-0.05, 0) is 53.4 Å². The van der Waals surface area contributed by atoms with Gasteiger partial charge in [0.1, 0.15) is 17.4 Å². The molecule has 33 heavy (non-hydrogen) atoms. The standard InChI is InChI=1S/C24H46N2O6S/c1-8-9-15-25(7)33(29,30)17-20(27)21-19(16-18-13-11-10-12-14-18)26(24(5,6)31-21)22(28)32-23(2,3)4/h18-21,27H,8-17H2,1-7H3/t19-,20?,21+/m1/s1. The van der Waals surface area contributed by atoms with Crippen molar-refractivity contribution in [1.29, 1.82) is 0 Å². The first-order valence-corrected chi connectivity index (χ1v) is 14.1. The highest BCUT2D eigenvalue weighted by Crippen LogP contribution is 2.40. The van der Waals surface area contributed by atoms with Gasteiger partial charge in [0.2, 0.25) is 10.0 Å². The van der Waals surface area contributed by atoms with Crippen LogP contribution in [0.15, 0.2) is 0 Å². The maximum absolute atomic E-state index is 13.2. The van der Waals surface area contributed by atoms with Crippen LogP contribution in [0.5, 0.6) is 0 Å². The number of aliphatic hydroxyl groups excluding tert-OH is 1. The predicted molar refractivity (Wildman–Crippen MR) is 129 cm³/mol. The van der Waals surface area contributed by atoms with Crippen LogP contribution < -0.4 is 0 Å². The zero-order valence-corrected chi connectivity index (χ0v) is 22.5. The number of amides is 1. The van der Waals surface area contributed by atoms with Crippen LogP contribution >= 0.6 is 0 Å². The number of rotatable bonds is 9. The molecule has 1 unspecified atom stereocenters. The average molecular weight is 491 g/mol. The quantitative estimate of drug-likeness (QED) is 0.522. The van der Waals surface area contributed by atoms with Crippen molar-refractivity contribution in [2.75, 3.05) is 19.3 Å². The Morgan fingerprint density at radius 3 is 2.39 bits per heavy atom. The minimum Gasteiger partial charge on any atom is -0.444 e. The van der Waals surface area contributed by atoms with Crippen LogP contribution in [0.2, 0.25) is 0 Å². The first-order chi connectivity index (χ1) is 15.2. The first-order valence-electron chi connectivity index (χ1n) is 12.5. The fraction of sp³-hybridized carbons (Fsp3) is 0.958. The van der Waals surface area contributed by atoms with Gasteiger partial charge in [-0.25, -0.2) is 17.5 Å². The van der Waals surface area contributed by atoms with Crippen LogP contribution in [-0.4, -0.2) is 77.7 Å². The van der Waals surface area contributed by atoms with Crippen molar-refractivity contribution in [2.45, 2.75) is 122 Å². The van der Waals surface area contributed by atoms with Crippen LogP contribution in [0.25, 0.3) is 0 Å². The van der Waals surface area contributed by atoms with Crippen molar-refractivity contribution >= 4 is 16.1 Å². The molecule has 0 aromatic rings. The zero-order valence-electron chi connectivity index (χ0n) is 21.7. The SMILES string of the molecule is CCCCN(C)S(=O)(=O)CC(O)[C@H]1OC(C)(C)N(C(=O)OC(C)(C)C)[C@@H]1CC1CCCCC1. The Balaban J connectivity index is 2.28. The average Bonchev–Trinajstić information content (AvgIpc) is 2.95. The van der Waals surface area contributed by atoms with Gasteiger partial charge >= 0.3 is 6.09 Å². The molecule has 3 atom stereocenters. The summed E-state index contributed by atoms with van der Waals surface area (Å²) in [5, 5.41) is 11.1. The number of nitrogens with zero attached hydrogens (tertiary/aromatic N) is 2. The van der Waals surface area contributed by atoms with Gasteiger partial charge in [0, 0.05) is 13.6 Å². The summed E-state index contributed by atoms with van der Waals surface area (Å²) in [7, 11) is -2.12. The summed E-state index contributed by atoms with van der Waals surface area (Å²) in [6.07, 6.45) is 5.42. The second-order valence-corrected chi connectivity index (χ2v) is 13.3. The van der Waals surface area contributed by atoms with Gasteiger partial charge in [0.05, 0.1) is 17.9 Å². The molecule has 1 saturated heterocycles. The van der Waals surface area contributed by atoms with Crippen LogP contribution in [-0.2, 0) is 19.5 Å². The second kappa shape index (κ2) is 11.2. The van der Waals surface area contributed by atoms with Crippen molar-refractivity contribution in [2.24, 2.45) is 5.92 Å². The third-order valence-corrected chi connectivity index (χ3v) is 8.56. The van der Waals surface area contributed by atoms with E-state index in [1.165, 1.54) is 10.7 Å². The molecule has 8 nitrogen and oxygen atoms in total. The summed E-state index contributed by atoms with van der Waals surface area (Å²) in [4.78, 5) is 14.8. The first kappa shape index (κ1) is 28.3. The van der Waals surface area contributed by atoms with Gasteiger partial charge in [0.25, 0.3) is 0 Å². The Morgan fingerprint density at radius 2 is 1.85 bits per heavy atom. The molecular weight excluding hydrogens is 444 g/mol. The summed E-state index contributed by atoms with van der Waals surface area (Å²) in [5.74, 6) is -0.0261. The number of carbonyl (C=O) groups is 1. The Bertz CT molecular complexity index is 743. The van der Waals surface area contributed by atoms with Crippen LogP contribution in [0.4, 0.5) is 4.79 Å². The normalized spacial score (nSPS) is 25.4. The molecule has 1 N–H and O–H groups in total. The summed E-state index contributed by atoms with van der Waals surface area (Å²) in [6, 6.07) is -0.455. The van der Waals surface area contributed by atoms with Crippen molar-refractivity contribution < 1.29 is 27.8 Å². The summed E-state index contributed by atoms with van der Waals surface area (Å²) in [6.45, 7) is 11.4. The summed E-state index contributed by atoms with van der Waals surface area (Å²) < 4.78 is 38.9. The van der Waals surface area contributed by atoms with E-state index in [0.29, 0.717) is 18.9 Å². The molecule has 0 bridgehead atoms. The molecule has 1 heterocycles. The van der Waals surface area contributed by atoms with E-state index in [1.54, 1.807) is 25.8 Å². The van der Waals surface area contributed by atoms with E-state index in [9.17, 15) is 18.3 Å². The van der Waals surface area contributed by atoms with E-state index in [0.717, 1.165) is 38.5 Å². The fourth-order valence-corrected chi connectivity index (χ4v) is 6.26. The van der Waals surface area contributed by atoms with Gasteiger partial charge < -0.3 is 14.6 Å². The maximum atomic E-state index is 13.2. The molecule has 2 rings (SSSR count). The van der Waals surface area contributed by atoms with Crippen LogP contribution in [0, 0.1) is 5.92 Å². The summed E-state index contributed by atoms with van der Waals surface area (Å²) in [5.41, 5.74) is -1.70. The molecule has 194 valence electrons. The molecule has 1 aliphatic carbocycles. The molecule has 1 aliphatic heterocycles. The van der Waals surface area contributed by atoms with Crippen LogP contribution in [0.1, 0.15) is 92.9 Å². The van der Waals surface area contributed by atoms with E-state index in [-0.39, 0.29) is 0 Å². The second-order valence-electron chi connectivity index (χ2n) is 11.2. The van der Waals surface area contributed by atoms with Crippen molar-refractivity contribution in [3.8, 4) is 0 Å². The van der Waals surface area contributed by atoms with E-state index in [1.807, 2.05) is 27.7 Å². The Labute approximate surface area is 201 Å². The molecule has 0 spiro atoms. The molecular formula is C24H46N2O6S. The summed E-state index contributed by atoms with van der Waals surface area (Å²) >= 11 is 0. The minimum absolute atomic E-state index is 0.407. The number of hydrogen-bond acceptors (Lipinski definition) is 6. The topological polar surface area (TPSA) is 96.4 Å². The van der Waals surface area contributed by atoms with Gasteiger partial charge in [-0.2, -0.15) is 0 Å². The third kappa shape index (κ3) is 7.80. The molecule has 0 radical (unpaired) electrons. The Hall–Kier alpha value is -0.900. The lowest BCUT2D eigenvalue weighted by atomic mass is 9.83. The van der Waals surface area contributed by atoms with Gasteiger partial charge in [-0.1, -0.05) is 45.4 Å². The predicted octanol–water partition coefficient (Wildman–Crippen LogP) is 4.12. The smallest absolute Gasteiger partial charge is 0.412 e. The number of hydrogen-bond donors (Lipinski definition) is 1. The van der Waals surface area contributed by atoms with E-state index in [2.05, 4.69) is 0 Å². The lowest BCUT2D eigenvalue weighted by molar-refractivity contribution is -0.0995. The van der Waals surface area contributed by atoms with E-state index in [4.69, 9.17) is 9.47 Å². The highest BCUT2D eigenvalue weighted by Gasteiger charge is 2.54. The Kier molecular flexibility index (Phi) is 9.64. The third-order valence-electron chi connectivity index (χ3n) is 6.67. The molecule has 2 fully saturated rings. The maximum Gasteiger partial charge on any atom is 0.412 e. The van der Waals surface area contributed by atoms with Crippen molar-refractivity contribution in [1.82, 2.24) is 9.21 Å². The van der Waals surface area contributed by atoms with E-state index < -0.39 is 51.4 Å². The highest BCUT2D eigenvalue weighted by atomic mass is 32.2. The molecule has 0 aromatic heterocycles. The molecule has 1 saturated carbocycles. The van der Waals surface area contributed by atoms with Crippen molar-refractivity contribution in [3.05, 3.63) is 0 Å². The lowest BCUT2D eigenvalue weighted by Crippen LogP contribution is -2.52. The zero-order chi connectivity index (χ0) is 25.0. The van der Waals surface area contributed by atoms with Gasteiger partial charge in [-0.3, -0.25) is 4.90 Å². The number of carbonyl (C=O) groups excluding carboxylic acids is 1. The monoisotopic (exact) mass is 490 g/mol. The molecule has 9 heteroatoms. The van der Waals surface area contributed by atoms with Gasteiger partial charge in [0.15, 0.2) is 0 Å². The van der Waals surface area contributed by atoms with E-state index >= 15 is 0 Å². The van der Waals surface area contributed by atoms with Crippen LogP contribution in [0.3, 0.4) is 0 Å². The Morgan fingerprint density at radius 1 is 1.24 bits per heavy atom. The number of unbranched alkanes of at least 4 members (excludes halogenated alkanes) is 1. The molecule has 0 aromatic carbocycles. The number of aliphatic hydroxyl groups is 1. The number of sulfonamides is 1. The molecule has 1 amide bonds. The lowest BCUT2D eigenvalue weighted by Gasteiger charge is -2.37. The van der Waals surface area contributed by atoms with Crippen molar-refractivity contribution in [3.63, 3.8) is 0 Å². The highest BCUT2D eigenvalue weighted by molar-refractivity contribution is 7.89. The fourth-order valence-electron chi connectivity index (χ4n) is 4.98. The van der Waals surface area contributed by atoms with Gasteiger partial charge in [-0.15, -0.1) is 0 Å².